The zero-order chi connectivity index (χ0) is 19.2. The van der Waals surface area contributed by atoms with Crippen LogP contribution in [0, 0.1) is 0 Å². The largest absolute Gasteiger partial charge is 0.492 e. The Morgan fingerprint density at radius 1 is 0.893 bits per heavy atom. The molecule has 2 fully saturated rings. The number of rotatable bonds is 6. The molecular formula is C20H26ClN5O2. The van der Waals surface area contributed by atoms with E-state index in [0.717, 1.165) is 81.4 Å². The van der Waals surface area contributed by atoms with Gasteiger partial charge >= 0.3 is 0 Å². The standard InChI is InChI=1S/C20H26ClN5O2/c21-17-1-3-18(4-2-17)28-14-9-24-5-7-25(8-6-24)19-15-20(23-16-22-19)26-10-12-27-13-11-26/h1-4,15-16H,5-14H2. The highest BCUT2D eigenvalue weighted by atomic mass is 35.5. The number of piperazine rings is 1. The van der Waals surface area contributed by atoms with Crippen molar-refractivity contribution in [3.05, 3.63) is 41.7 Å². The van der Waals surface area contributed by atoms with Crippen LogP contribution in [0.1, 0.15) is 0 Å². The van der Waals surface area contributed by atoms with Crippen LogP contribution in [-0.2, 0) is 4.74 Å². The second-order valence-electron chi connectivity index (χ2n) is 6.96. The summed E-state index contributed by atoms with van der Waals surface area (Å²) in [7, 11) is 0. The third-order valence-corrected chi connectivity index (χ3v) is 5.41. The summed E-state index contributed by atoms with van der Waals surface area (Å²) in [6.45, 7) is 8.81. The Hall–Kier alpha value is -2.09. The molecule has 0 bridgehead atoms. The highest BCUT2D eigenvalue weighted by Gasteiger charge is 2.20. The zero-order valence-electron chi connectivity index (χ0n) is 16.0. The predicted octanol–water partition coefficient (Wildman–Crippen LogP) is 2.17. The summed E-state index contributed by atoms with van der Waals surface area (Å²) in [4.78, 5) is 16.0. The van der Waals surface area contributed by atoms with Crippen LogP contribution in [0.3, 0.4) is 0 Å². The number of benzene rings is 1. The second-order valence-corrected chi connectivity index (χ2v) is 7.40. The molecule has 0 unspecified atom stereocenters. The maximum absolute atomic E-state index is 5.90. The van der Waals surface area contributed by atoms with Gasteiger partial charge in [-0.2, -0.15) is 0 Å². The van der Waals surface area contributed by atoms with Crippen LogP contribution in [-0.4, -0.2) is 80.5 Å². The Morgan fingerprint density at radius 3 is 2.21 bits per heavy atom. The molecule has 2 aromatic rings. The van der Waals surface area contributed by atoms with E-state index in [-0.39, 0.29) is 0 Å². The fraction of sp³-hybridized carbons (Fsp3) is 0.500. The van der Waals surface area contributed by atoms with Crippen LogP contribution in [0.25, 0.3) is 0 Å². The van der Waals surface area contributed by atoms with Crippen LogP contribution in [0.2, 0.25) is 5.02 Å². The summed E-state index contributed by atoms with van der Waals surface area (Å²) < 4.78 is 11.2. The first-order valence-electron chi connectivity index (χ1n) is 9.78. The molecule has 3 heterocycles. The van der Waals surface area contributed by atoms with Gasteiger partial charge in [0.1, 0.15) is 30.3 Å². The summed E-state index contributed by atoms with van der Waals surface area (Å²) in [5, 5.41) is 0.727. The monoisotopic (exact) mass is 403 g/mol. The fourth-order valence-electron chi connectivity index (χ4n) is 3.50. The van der Waals surface area contributed by atoms with Gasteiger partial charge in [0.05, 0.1) is 13.2 Å². The quantitative estimate of drug-likeness (QED) is 0.732. The minimum atomic E-state index is 0.677. The molecular weight excluding hydrogens is 378 g/mol. The topological polar surface area (TPSA) is 54.0 Å². The average Bonchev–Trinajstić information content (AvgIpc) is 2.76. The SMILES string of the molecule is Clc1ccc(OCCN2CCN(c3cc(N4CCOCC4)ncn3)CC2)cc1. The molecule has 1 aromatic heterocycles. The minimum Gasteiger partial charge on any atom is -0.492 e. The smallest absolute Gasteiger partial charge is 0.134 e. The van der Waals surface area contributed by atoms with E-state index in [9.17, 15) is 0 Å². The molecule has 0 spiro atoms. The molecule has 7 nitrogen and oxygen atoms in total. The van der Waals surface area contributed by atoms with E-state index in [0.29, 0.717) is 6.61 Å². The summed E-state index contributed by atoms with van der Waals surface area (Å²) >= 11 is 5.90. The maximum atomic E-state index is 5.90. The Morgan fingerprint density at radius 2 is 1.54 bits per heavy atom. The van der Waals surface area contributed by atoms with Crippen LogP contribution in [0.5, 0.6) is 5.75 Å². The average molecular weight is 404 g/mol. The summed E-state index contributed by atoms with van der Waals surface area (Å²) in [5.41, 5.74) is 0. The molecule has 4 rings (SSSR count). The van der Waals surface area contributed by atoms with E-state index in [1.165, 1.54) is 0 Å². The molecule has 0 radical (unpaired) electrons. The fourth-order valence-corrected chi connectivity index (χ4v) is 3.63. The van der Waals surface area contributed by atoms with Crippen molar-refractivity contribution in [1.82, 2.24) is 14.9 Å². The van der Waals surface area contributed by atoms with E-state index in [1.54, 1.807) is 6.33 Å². The van der Waals surface area contributed by atoms with Gasteiger partial charge in [-0.1, -0.05) is 11.6 Å². The lowest BCUT2D eigenvalue weighted by Crippen LogP contribution is -2.47. The molecule has 0 aliphatic carbocycles. The van der Waals surface area contributed by atoms with Gasteiger partial charge in [-0.25, -0.2) is 9.97 Å². The predicted molar refractivity (Wildman–Crippen MR) is 111 cm³/mol. The van der Waals surface area contributed by atoms with Gasteiger partial charge in [0.15, 0.2) is 0 Å². The van der Waals surface area contributed by atoms with Crippen LogP contribution in [0.15, 0.2) is 36.7 Å². The summed E-state index contributed by atoms with van der Waals surface area (Å²) in [5.74, 6) is 2.86. The maximum Gasteiger partial charge on any atom is 0.134 e. The van der Waals surface area contributed by atoms with Gasteiger partial charge in [-0.05, 0) is 24.3 Å². The lowest BCUT2D eigenvalue weighted by Gasteiger charge is -2.35. The third kappa shape index (κ3) is 5.04. The minimum absolute atomic E-state index is 0.677. The first kappa shape index (κ1) is 19.2. The third-order valence-electron chi connectivity index (χ3n) is 5.16. The van der Waals surface area contributed by atoms with E-state index in [4.69, 9.17) is 21.1 Å². The first-order chi connectivity index (χ1) is 13.8. The number of aromatic nitrogens is 2. The van der Waals surface area contributed by atoms with Gasteiger partial charge in [0, 0.05) is 56.9 Å². The number of hydrogen-bond donors (Lipinski definition) is 0. The number of nitrogens with zero attached hydrogens (tertiary/aromatic N) is 5. The van der Waals surface area contributed by atoms with Gasteiger partial charge in [0.2, 0.25) is 0 Å². The molecule has 1 aromatic carbocycles. The van der Waals surface area contributed by atoms with Crippen molar-refractivity contribution in [3.63, 3.8) is 0 Å². The van der Waals surface area contributed by atoms with E-state index >= 15 is 0 Å². The summed E-state index contributed by atoms with van der Waals surface area (Å²) in [6.07, 6.45) is 1.67. The van der Waals surface area contributed by atoms with Crippen molar-refractivity contribution < 1.29 is 9.47 Å². The van der Waals surface area contributed by atoms with E-state index in [1.807, 2.05) is 24.3 Å². The van der Waals surface area contributed by atoms with Crippen LogP contribution in [0.4, 0.5) is 11.6 Å². The lowest BCUT2D eigenvalue weighted by atomic mass is 10.3. The first-order valence-corrected chi connectivity index (χ1v) is 10.2. The molecule has 0 atom stereocenters. The van der Waals surface area contributed by atoms with E-state index < -0.39 is 0 Å². The Balaban J connectivity index is 1.24. The van der Waals surface area contributed by atoms with E-state index in [2.05, 4.69) is 30.7 Å². The molecule has 28 heavy (non-hydrogen) atoms. The number of anilines is 2. The van der Waals surface area contributed by atoms with Crippen molar-refractivity contribution >= 4 is 23.2 Å². The molecule has 2 aliphatic rings. The highest BCUT2D eigenvalue weighted by Crippen LogP contribution is 2.20. The lowest BCUT2D eigenvalue weighted by molar-refractivity contribution is 0.122. The molecule has 0 N–H and O–H groups in total. The van der Waals surface area contributed by atoms with Gasteiger partial charge < -0.3 is 19.3 Å². The van der Waals surface area contributed by atoms with Crippen molar-refractivity contribution in [2.75, 3.05) is 75.4 Å². The summed E-state index contributed by atoms with van der Waals surface area (Å²) in [6, 6.07) is 9.61. The van der Waals surface area contributed by atoms with Crippen LogP contribution < -0.4 is 14.5 Å². The Bertz CT molecular complexity index is 747. The number of halogens is 1. The highest BCUT2D eigenvalue weighted by molar-refractivity contribution is 6.30. The zero-order valence-corrected chi connectivity index (χ0v) is 16.7. The van der Waals surface area contributed by atoms with Crippen LogP contribution >= 0.6 is 11.6 Å². The molecule has 2 aliphatic heterocycles. The Labute approximate surface area is 170 Å². The van der Waals surface area contributed by atoms with Gasteiger partial charge in [0.25, 0.3) is 0 Å². The Kier molecular flexibility index (Phi) is 6.46. The molecule has 0 amide bonds. The van der Waals surface area contributed by atoms with Crippen molar-refractivity contribution in [1.29, 1.82) is 0 Å². The van der Waals surface area contributed by atoms with Crippen molar-refractivity contribution in [3.8, 4) is 5.75 Å². The molecule has 2 saturated heterocycles. The molecule has 8 heteroatoms. The second kappa shape index (κ2) is 9.41. The number of morpholine rings is 1. The van der Waals surface area contributed by atoms with Crippen molar-refractivity contribution in [2.24, 2.45) is 0 Å². The van der Waals surface area contributed by atoms with Gasteiger partial charge in [-0.15, -0.1) is 0 Å². The van der Waals surface area contributed by atoms with Gasteiger partial charge in [-0.3, -0.25) is 4.90 Å². The number of ether oxygens (including phenoxy) is 2. The molecule has 150 valence electrons. The molecule has 0 saturated carbocycles. The number of hydrogen-bond acceptors (Lipinski definition) is 7. The normalized spacial score (nSPS) is 18.3. The van der Waals surface area contributed by atoms with Crippen molar-refractivity contribution in [2.45, 2.75) is 0 Å².